The summed E-state index contributed by atoms with van der Waals surface area (Å²) in [6.45, 7) is 5.24. The topological polar surface area (TPSA) is 55.8 Å². The number of phenols is 1. The first kappa shape index (κ1) is 14.9. The summed E-state index contributed by atoms with van der Waals surface area (Å²) in [5.74, 6) is 0.179. The fourth-order valence-corrected chi connectivity index (χ4v) is 2.34. The maximum atomic E-state index is 10.9. The van der Waals surface area contributed by atoms with E-state index in [1.807, 2.05) is 32.0 Å². The third-order valence-corrected chi connectivity index (χ3v) is 3.25. The van der Waals surface area contributed by atoms with Crippen LogP contribution in [0, 0.1) is 6.92 Å². The highest BCUT2D eigenvalue weighted by Gasteiger charge is 2.16. The van der Waals surface area contributed by atoms with E-state index in [2.05, 4.69) is 4.89 Å². The number of hydrogen-bond donors (Lipinski definition) is 1. The summed E-state index contributed by atoms with van der Waals surface area (Å²) < 4.78 is 0. The van der Waals surface area contributed by atoms with Crippen LogP contribution < -0.4 is 4.89 Å². The van der Waals surface area contributed by atoms with Crippen molar-refractivity contribution in [1.29, 1.82) is 0 Å². The minimum Gasteiger partial charge on any atom is -0.507 e. The second-order valence-electron chi connectivity index (χ2n) is 4.76. The van der Waals surface area contributed by atoms with E-state index in [-0.39, 0.29) is 5.75 Å². The van der Waals surface area contributed by atoms with Crippen LogP contribution in [0.25, 0.3) is 11.1 Å². The van der Waals surface area contributed by atoms with Crippen LogP contribution in [0.15, 0.2) is 36.4 Å². The van der Waals surface area contributed by atoms with E-state index in [0.717, 1.165) is 22.3 Å². The molecule has 2 aromatic rings. The molecule has 21 heavy (non-hydrogen) atoms. The van der Waals surface area contributed by atoms with E-state index in [4.69, 9.17) is 4.89 Å². The molecule has 2 aromatic carbocycles. The lowest BCUT2D eigenvalue weighted by atomic mass is 9.92. The van der Waals surface area contributed by atoms with Gasteiger partial charge in [-0.3, -0.25) is 9.78 Å². The van der Waals surface area contributed by atoms with Crippen LogP contribution in [-0.4, -0.2) is 11.1 Å². The van der Waals surface area contributed by atoms with Gasteiger partial charge < -0.3 is 5.11 Å². The highest BCUT2D eigenvalue weighted by Crippen LogP contribution is 2.38. The van der Waals surface area contributed by atoms with Crippen molar-refractivity contribution in [2.75, 3.05) is 0 Å². The molecule has 0 heterocycles. The third-order valence-electron chi connectivity index (χ3n) is 3.25. The lowest BCUT2D eigenvalue weighted by Gasteiger charge is -2.16. The second kappa shape index (κ2) is 6.31. The van der Waals surface area contributed by atoms with E-state index in [1.165, 1.54) is 6.92 Å². The standard InChI is InChI=1S/C17H18O4/c1-4-13-16(21-20-12(3)18)10-9-11(2)17(13)14-7-5-6-8-15(14)19/h5-10,19H,4H2,1-3H3. The number of benzene rings is 2. The van der Waals surface area contributed by atoms with Crippen molar-refractivity contribution in [3.63, 3.8) is 0 Å². The van der Waals surface area contributed by atoms with E-state index >= 15 is 0 Å². The Morgan fingerprint density at radius 1 is 1.19 bits per heavy atom. The summed E-state index contributed by atoms with van der Waals surface area (Å²) >= 11 is 0. The summed E-state index contributed by atoms with van der Waals surface area (Å²) in [5, 5.41) is 10.1. The zero-order chi connectivity index (χ0) is 15.4. The van der Waals surface area contributed by atoms with Crippen molar-refractivity contribution >= 4 is 5.97 Å². The minimum atomic E-state index is -0.512. The maximum Gasteiger partial charge on any atom is 0.352 e. The van der Waals surface area contributed by atoms with Gasteiger partial charge in [0.25, 0.3) is 0 Å². The van der Waals surface area contributed by atoms with E-state index in [0.29, 0.717) is 12.2 Å². The Morgan fingerprint density at radius 2 is 1.90 bits per heavy atom. The van der Waals surface area contributed by atoms with Gasteiger partial charge in [0.1, 0.15) is 5.75 Å². The molecule has 0 radical (unpaired) electrons. The molecule has 0 fully saturated rings. The molecule has 0 aliphatic carbocycles. The highest BCUT2D eigenvalue weighted by atomic mass is 17.2. The summed E-state index contributed by atoms with van der Waals surface area (Å²) in [7, 11) is 0. The van der Waals surface area contributed by atoms with Gasteiger partial charge >= 0.3 is 5.97 Å². The molecular weight excluding hydrogens is 268 g/mol. The van der Waals surface area contributed by atoms with Gasteiger partial charge in [-0.15, -0.1) is 0 Å². The smallest absolute Gasteiger partial charge is 0.352 e. The van der Waals surface area contributed by atoms with E-state index in [1.54, 1.807) is 18.2 Å². The summed E-state index contributed by atoms with van der Waals surface area (Å²) in [4.78, 5) is 20.7. The molecule has 0 bridgehead atoms. The lowest BCUT2D eigenvalue weighted by Crippen LogP contribution is -2.05. The SMILES string of the molecule is CCc1c(OOC(C)=O)ccc(C)c1-c1ccccc1O. The Hall–Kier alpha value is -2.49. The van der Waals surface area contributed by atoms with Crippen molar-refractivity contribution in [2.24, 2.45) is 0 Å². The molecule has 0 saturated heterocycles. The summed E-state index contributed by atoms with van der Waals surface area (Å²) in [6.07, 6.45) is 0.682. The van der Waals surface area contributed by atoms with Gasteiger partial charge in [-0.2, -0.15) is 0 Å². The molecule has 0 saturated carbocycles. The fourth-order valence-electron chi connectivity index (χ4n) is 2.34. The number of hydrogen-bond acceptors (Lipinski definition) is 4. The molecule has 0 unspecified atom stereocenters. The Bertz CT molecular complexity index is 662. The Balaban J connectivity index is 2.57. The average Bonchev–Trinajstić information content (AvgIpc) is 2.46. The van der Waals surface area contributed by atoms with E-state index in [9.17, 15) is 9.90 Å². The predicted octanol–water partition coefficient (Wildman–Crippen LogP) is 3.79. The number of carbonyl (C=O) groups is 1. The van der Waals surface area contributed by atoms with Crippen molar-refractivity contribution in [3.05, 3.63) is 47.5 Å². The van der Waals surface area contributed by atoms with Crippen molar-refractivity contribution in [2.45, 2.75) is 27.2 Å². The van der Waals surface area contributed by atoms with Gasteiger partial charge in [-0.1, -0.05) is 31.2 Å². The number of para-hydroxylation sites is 1. The third kappa shape index (κ3) is 3.16. The van der Waals surface area contributed by atoms with Gasteiger partial charge in [0.2, 0.25) is 0 Å². The zero-order valence-corrected chi connectivity index (χ0v) is 12.3. The van der Waals surface area contributed by atoms with Crippen molar-refractivity contribution in [1.82, 2.24) is 0 Å². The molecule has 110 valence electrons. The molecule has 0 amide bonds. The maximum absolute atomic E-state index is 10.9. The largest absolute Gasteiger partial charge is 0.507 e. The first-order chi connectivity index (χ1) is 10.0. The summed E-state index contributed by atoms with van der Waals surface area (Å²) in [6, 6.07) is 10.8. The molecule has 0 spiro atoms. The van der Waals surface area contributed by atoms with Crippen LogP contribution in [-0.2, 0) is 16.1 Å². The van der Waals surface area contributed by atoms with Gasteiger partial charge in [-0.05, 0) is 36.6 Å². The molecule has 4 heteroatoms. The molecule has 0 atom stereocenters. The fraction of sp³-hybridized carbons (Fsp3) is 0.235. The number of rotatable bonds is 4. The van der Waals surface area contributed by atoms with Crippen molar-refractivity contribution < 1.29 is 19.7 Å². The second-order valence-corrected chi connectivity index (χ2v) is 4.76. The number of carbonyl (C=O) groups excluding carboxylic acids is 1. The highest BCUT2D eigenvalue weighted by molar-refractivity contribution is 5.78. The van der Waals surface area contributed by atoms with Crippen molar-refractivity contribution in [3.8, 4) is 22.6 Å². The van der Waals surface area contributed by atoms with Crippen LogP contribution in [0.3, 0.4) is 0 Å². The molecule has 1 N–H and O–H groups in total. The minimum absolute atomic E-state index is 0.208. The van der Waals surface area contributed by atoms with Gasteiger partial charge in [0.05, 0.1) is 0 Å². The van der Waals surface area contributed by atoms with Gasteiger partial charge in [0.15, 0.2) is 5.75 Å². The van der Waals surface area contributed by atoms with Crippen LogP contribution in [0.5, 0.6) is 11.5 Å². The van der Waals surface area contributed by atoms with Crippen LogP contribution >= 0.6 is 0 Å². The van der Waals surface area contributed by atoms with Gasteiger partial charge in [0, 0.05) is 18.1 Å². The number of aromatic hydroxyl groups is 1. The number of aryl methyl sites for hydroxylation is 1. The van der Waals surface area contributed by atoms with Crippen LogP contribution in [0.2, 0.25) is 0 Å². The van der Waals surface area contributed by atoms with E-state index < -0.39 is 5.97 Å². The van der Waals surface area contributed by atoms with Crippen LogP contribution in [0.1, 0.15) is 25.0 Å². The monoisotopic (exact) mass is 286 g/mol. The molecule has 0 aromatic heterocycles. The molecule has 4 nitrogen and oxygen atoms in total. The molecule has 0 aliphatic rings. The summed E-state index contributed by atoms with van der Waals surface area (Å²) in [5.41, 5.74) is 3.54. The molecule has 0 aliphatic heterocycles. The first-order valence-corrected chi connectivity index (χ1v) is 6.80. The Labute approximate surface area is 123 Å². The van der Waals surface area contributed by atoms with Gasteiger partial charge in [-0.25, -0.2) is 4.79 Å². The van der Waals surface area contributed by atoms with Crippen LogP contribution in [0.4, 0.5) is 0 Å². The molecule has 2 rings (SSSR count). The number of phenolic OH excluding ortho intramolecular Hbond substituents is 1. The average molecular weight is 286 g/mol. The normalized spacial score (nSPS) is 10.2. The molecular formula is C17H18O4. The quantitative estimate of drug-likeness (QED) is 0.686. The predicted molar refractivity (Wildman–Crippen MR) is 80.1 cm³/mol. The Morgan fingerprint density at radius 3 is 2.52 bits per heavy atom. The lowest BCUT2D eigenvalue weighted by molar-refractivity contribution is -0.211. The first-order valence-electron chi connectivity index (χ1n) is 6.80. The zero-order valence-electron chi connectivity index (χ0n) is 12.3. The Kier molecular flexibility index (Phi) is 4.48.